The van der Waals surface area contributed by atoms with Crippen molar-refractivity contribution in [3.05, 3.63) is 30.2 Å². The molecule has 1 aliphatic carbocycles. The number of pyridine rings is 1. The van der Waals surface area contributed by atoms with Crippen LogP contribution in [0.3, 0.4) is 0 Å². The number of hydrogen-bond acceptors (Lipinski definition) is 3. The molecular formula is C13H14Cl2N4O. The van der Waals surface area contributed by atoms with Crippen molar-refractivity contribution in [3.8, 4) is 0 Å². The maximum atomic E-state index is 12.0. The van der Waals surface area contributed by atoms with E-state index in [1.807, 2.05) is 28.8 Å². The Morgan fingerprint density at radius 2 is 2.20 bits per heavy atom. The Hall–Kier alpha value is -1.33. The molecule has 0 aliphatic heterocycles. The molecule has 0 unspecified atom stereocenters. The molecule has 0 bridgehead atoms. The highest BCUT2D eigenvalue weighted by Gasteiger charge is 2.67. The lowest BCUT2D eigenvalue weighted by Crippen LogP contribution is -2.34. The van der Waals surface area contributed by atoms with E-state index in [2.05, 4.69) is 15.5 Å². The van der Waals surface area contributed by atoms with Crippen molar-refractivity contribution in [2.24, 2.45) is 5.41 Å². The third-order valence-electron chi connectivity index (χ3n) is 3.78. The molecule has 2 aromatic rings. The molecule has 3 rings (SSSR count). The zero-order chi connectivity index (χ0) is 14.4. The van der Waals surface area contributed by atoms with Gasteiger partial charge in [0.2, 0.25) is 5.91 Å². The number of rotatable bonds is 4. The first-order valence-electron chi connectivity index (χ1n) is 6.39. The maximum Gasteiger partial charge on any atom is 0.229 e. The molecule has 5 nitrogen and oxygen atoms in total. The van der Waals surface area contributed by atoms with Gasteiger partial charge in [-0.3, -0.25) is 9.20 Å². The van der Waals surface area contributed by atoms with Crippen LogP contribution in [-0.4, -0.2) is 31.4 Å². The van der Waals surface area contributed by atoms with E-state index in [9.17, 15) is 4.79 Å². The molecular weight excluding hydrogens is 299 g/mol. The summed E-state index contributed by atoms with van der Waals surface area (Å²) in [4.78, 5) is 12.0. The zero-order valence-electron chi connectivity index (χ0n) is 10.9. The standard InChI is InChI=1S/C13H14Cl2N4O/c1-12(8-13(12,14)15)11(20)16-6-5-10-18-17-9-4-2-3-7-19(9)10/h2-4,7H,5-6,8H2,1H3,(H,16,20)/t12-/m1/s1. The van der Waals surface area contributed by atoms with Gasteiger partial charge >= 0.3 is 0 Å². The quantitative estimate of drug-likeness (QED) is 0.878. The lowest BCUT2D eigenvalue weighted by atomic mass is 10.1. The summed E-state index contributed by atoms with van der Waals surface area (Å²) in [7, 11) is 0. The van der Waals surface area contributed by atoms with E-state index in [1.165, 1.54) is 0 Å². The highest BCUT2D eigenvalue weighted by atomic mass is 35.5. The topological polar surface area (TPSA) is 59.3 Å². The van der Waals surface area contributed by atoms with Gasteiger partial charge in [-0.25, -0.2) is 0 Å². The van der Waals surface area contributed by atoms with Gasteiger partial charge in [-0.05, 0) is 25.5 Å². The van der Waals surface area contributed by atoms with Crippen LogP contribution in [0.2, 0.25) is 0 Å². The van der Waals surface area contributed by atoms with Crippen molar-refractivity contribution in [1.29, 1.82) is 0 Å². The number of carbonyl (C=O) groups excluding carboxylic acids is 1. The monoisotopic (exact) mass is 312 g/mol. The molecule has 1 atom stereocenters. The Morgan fingerprint density at radius 1 is 1.45 bits per heavy atom. The van der Waals surface area contributed by atoms with Crippen molar-refractivity contribution in [2.75, 3.05) is 6.54 Å². The van der Waals surface area contributed by atoms with Crippen molar-refractivity contribution >= 4 is 34.8 Å². The fourth-order valence-electron chi connectivity index (χ4n) is 2.19. The smallest absolute Gasteiger partial charge is 0.229 e. The summed E-state index contributed by atoms with van der Waals surface area (Å²) < 4.78 is 0.969. The predicted molar refractivity (Wildman–Crippen MR) is 76.9 cm³/mol. The Morgan fingerprint density at radius 3 is 2.90 bits per heavy atom. The van der Waals surface area contributed by atoms with E-state index >= 15 is 0 Å². The molecule has 1 saturated carbocycles. The van der Waals surface area contributed by atoms with Gasteiger partial charge in [0.15, 0.2) is 5.65 Å². The molecule has 0 radical (unpaired) electrons. The summed E-state index contributed by atoms with van der Waals surface area (Å²) >= 11 is 12.0. The molecule has 0 spiro atoms. The van der Waals surface area contributed by atoms with Gasteiger partial charge in [0.25, 0.3) is 0 Å². The zero-order valence-corrected chi connectivity index (χ0v) is 12.4. The van der Waals surface area contributed by atoms with Crippen molar-refractivity contribution in [1.82, 2.24) is 19.9 Å². The van der Waals surface area contributed by atoms with E-state index in [1.54, 1.807) is 6.92 Å². The third kappa shape index (κ3) is 2.15. The number of amides is 1. The third-order valence-corrected chi connectivity index (χ3v) is 4.88. The first-order valence-corrected chi connectivity index (χ1v) is 7.14. The average molecular weight is 313 g/mol. The minimum absolute atomic E-state index is 0.115. The number of aromatic nitrogens is 3. The Labute approximate surface area is 126 Å². The number of nitrogens with one attached hydrogen (secondary N) is 1. The fraction of sp³-hybridized carbons (Fsp3) is 0.462. The van der Waals surface area contributed by atoms with Crippen LogP contribution in [0.1, 0.15) is 19.2 Å². The fourth-order valence-corrected chi connectivity index (χ4v) is 2.90. The van der Waals surface area contributed by atoms with Gasteiger partial charge in [-0.15, -0.1) is 33.4 Å². The van der Waals surface area contributed by atoms with Crippen molar-refractivity contribution in [3.63, 3.8) is 0 Å². The first kappa shape index (κ1) is 13.6. The number of alkyl halides is 2. The minimum Gasteiger partial charge on any atom is -0.355 e. The van der Waals surface area contributed by atoms with Gasteiger partial charge < -0.3 is 5.32 Å². The van der Waals surface area contributed by atoms with Gasteiger partial charge in [0, 0.05) is 19.2 Å². The van der Waals surface area contributed by atoms with E-state index in [4.69, 9.17) is 23.2 Å². The largest absolute Gasteiger partial charge is 0.355 e. The summed E-state index contributed by atoms with van der Waals surface area (Å²) in [6.45, 7) is 2.25. The number of carbonyl (C=O) groups is 1. The van der Waals surface area contributed by atoms with Gasteiger partial charge in [-0.1, -0.05) is 6.07 Å². The molecule has 2 heterocycles. The summed E-state index contributed by atoms with van der Waals surface area (Å²) in [6, 6.07) is 5.71. The molecule has 1 N–H and O–H groups in total. The SMILES string of the molecule is C[C@]1(C(=O)NCCc2nnc3ccccn23)CC1(Cl)Cl. The summed E-state index contributed by atoms with van der Waals surface area (Å²) in [6.07, 6.45) is 2.99. The maximum absolute atomic E-state index is 12.0. The van der Waals surface area contributed by atoms with Crippen LogP contribution in [-0.2, 0) is 11.2 Å². The highest BCUT2D eigenvalue weighted by molar-refractivity contribution is 6.53. The molecule has 1 fully saturated rings. The van der Waals surface area contributed by atoms with Gasteiger partial charge in [-0.2, -0.15) is 0 Å². The normalized spacial score (nSPS) is 23.8. The number of halogens is 2. The van der Waals surface area contributed by atoms with Crippen LogP contribution in [0, 0.1) is 5.41 Å². The molecule has 2 aromatic heterocycles. The van der Waals surface area contributed by atoms with Crippen molar-refractivity contribution < 1.29 is 4.79 Å². The summed E-state index contributed by atoms with van der Waals surface area (Å²) in [5.74, 6) is 0.696. The van der Waals surface area contributed by atoms with E-state index < -0.39 is 9.75 Å². The second kappa shape index (κ2) is 4.60. The van der Waals surface area contributed by atoms with Crippen LogP contribution in [0.25, 0.3) is 5.65 Å². The number of hydrogen-bond donors (Lipinski definition) is 1. The lowest BCUT2D eigenvalue weighted by molar-refractivity contribution is -0.125. The molecule has 7 heteroatoms. The molecule has 1 aliphatic rings. The van der Waals surface area contributed by atoms with Gasteiger partial charge in [0.05, 0.1) is 5.41 Å². The Kier molecular flexibility index (Phi) is 3.14. The second-order valence-corrected chi connectivity index (χ2v) is 6.75. The second-order valence-electron chi connectivity index (χ2n) is 5.26. The van der Waals surface area contributed by atoms with E-state index in [0.717, 1.165) is 11.5 Å². The van der Waals surface area contributed by atoms with Crippen molar-refractivity contribution in [2.45, 2.75) is 24.1 Å². The van der Waals surface area contributed by atoms with Crippen LogP contribution in [0.4, 0.5) is 0 Å². The van der Waals surface area contributed by atoms with Crippen LogP contribution in [0.5, 0.6) is 0 Å². The van der Waals surface area contributed by atoms with E-state index in [0.29, 0.717) is 19.4 Å². The highest BCUT2D eigenvalue weighted by Crippen LogP contribution is 2.63. The van der Waals surface area contributed by atoms with Crippen LogP contribution in [0.15, 0.2) is 24.4 Å². The summed E-state index contributed by atoms with van der Waals surface area (Å²) in [5, 5.41) is 11.0. The average Bonchev–Trinajstić information content (AvgIpc) is 2.77. The van der Waals surface area contributed by atoms with E-state index in [-0.39, 0.29) is 5.91 Å². The first-order chi connectivity index (χ1) is 9.44. The van der Waals surface area contributed by atoms with Crippen LogP contribution >= 0.6 is 23.2 Å². The van der Waals surface area contributed by atoms with Crippen LogP contribution < -0.4 is 5.32 Å². The lowest BCUT2D eigenvalue weighted by Gasteiger charge is -2.12. The number of nitrogens with zero attached hydrogens (tertiary/aromatic N) is 3. The molecule has 1 amide bonds. The Bertz CT molecular complexity index is 669. The summed E-state index contributed by atoms with van der Waals surface area (Å²) in [5.41, 5.74) is 0.117. The molecule has 0 aromatic carbocycles. The minimum atomic E-state index is -0.932. The van der Waals surface area contributed by atoms with Gasteiger partial charge in [0.1, 0.15) is 10.2 Å². The molecule has 106 valence electrons. The molecule has 20 heavy (non-hydrogen) atoms. The number of fused-ring (bicyclic) bond motifs is 1. The Balaban J connectivity index is 1.60. The predicted octanol–water partition coefficient (Wildman–Crippen LogP) is 1.97. The molecule has 0 saturated heterocycles.